The lowest BCUT2D eigenvalue weighted by atomic mass is 9.87. The molecule has 2 aromatic carbocycles. The Labute approximate surface area is 141 Å². The first-order chi connectivity index (χ1) is 11.4. The van der Waals surface area contributed by atoms with E-state index in [1.807, 2.05) is 12.1 Å². The number of nitrogens with one attached hydrogen (secondary N) is 1. The van der Waals surface area contributed by atoms with Gasteiger partial charge in [-0.25, -0.2) is 13.6 Å². The van der Waals surface area contributed by atoms with E-state index in [1.54, 1.807) is 24.3 Å². The van der Waals surface area contributed by atoms with Crippen molar-refractivity contribution in [3.8, 4) is 0 Å². The highest BCUT2D eigenvalue weighted by Gasteiger charge is 2.22. The predicted octanol–water partition coefficient (Wildman–Crippen LogP) is 2.28. The first-order valence-corrected chi connectivity index (χ1v) is 9.62. The molecule has 0 fully saturated rings. The summed E-state index contributed by atoms with van der Waals surface area (Å²) in [6.45, 7) is 0. The number of rotatable bonds is 4. The number of amides is 1. The summed E-state index contributed by atoms with van der Waals surface area (Å²) in [5.41, 5.74) is 3.39. The Hall–Kier alpha value is -2.18. The van der Waals surface area contributed by atoms with Crippen molar-refractivity contribution >= 4 is 15.9 Å². The van der Waals surface area contributed by atoms with Gasteiger partial charge in [0.2, 0.25) is 10.0 Å². The van der Waals surface area contributed by atoms with Crippen molar-refractivity contribution < 1.29 is 13.2 Å². The molecule has 1 aliphatic rings. The second kappa shape index (κ2) is 6.75. The fraction of sp³-hybridized carbons (Fsp3) is 0.278. The topological polar surface area (TPSA) is 89.3 Å². The number of aryl methyl sites for hydroxylation is 1. The first kappa shape index (κ1) is 16.7. The van der Waals surface area contributed by atoms with E-state index in [0.717, 1.165) is 24.8 Å². The molecule has 0 aliphatic heterocycles. The summed E-state index contributed by atoms with van der Waals surface area (Å²) >= 11 is 0. The number of fused-ring (bicyclic) bond motifs is 1. The number of sulfonamides is 1. The van der Waals surface area contributed by atoms with Crippen molar-refractivity contribution in [3.63, 3.8) is 0 Å². The molecule has 1 amide bonds. The molecule has 126 valence electrons. The van der Waals surface area contributed by atoms with E-state index in [1.165, 1.54) is 5.56 Å². The van der Waals surface area contributed by atoms with Crippen molar-refractivity contribution in [2.75, 3.05) is 0 Å². The first-order valence-electron chi connectivity index (χ1n) is 7.90. The van der Waals surface area contributed by atoms with Crippen LogP contribution in [-0.2, 0) is 22.2 Å². The SMILES string of the molecule is NS(=O)(=O)Cc1cccc(C(=O)NC2CCCc3ccccc32)c1. The molecule has 3 rings (SSSR count). The zero-order chi connectivity index (χ0) is 17.2. The smallest absolute Gasteiger partial charge is 0.251 e. The van der Waals surface area contributed by atoms with Crippen molar-refractivity contribution in [1.29, 1.82) is 0 Å². The Bertz CT molecular complexity index is 862. The van der Waals surface area contributed by atoms with Crippen molar-refractivity contribution in [2.45, 2.75) is 31.1 Å². The maximum absolute atomic E-state index is 12.5. The highest BCUT2D eigenvalue weighted by Crippen LogP contribution is 2.29. The summed E-state index contributed by atoms with van der Waals surface area (Å²) in [5.74, 6) is -0.478. The number of carbonyl (C=O) groups is 1. The Balaban J connectivity index is 1.78. The highest BCUT2D eigenvalue weighted by molar-refractivity contribution is 7.88. The largest absolute Gasteiger partial charge is 0.345 e. The fourth-order valence-corrected chi connectivity index (χ4v) is 3.82. The summed E-state index contributed by atoms with van der Waals surface area (Å²) in [7, 11) is -3.62. The molecule has 0 aromatic heterocycles. The zero-order valence-corrected chi connectivity index (χ0v) is 14.1. The zero-order valence-electron chi connectivity index (χ0n) is 13.2. The van der Waals surface area contributed by atoms with Crippen LogP contribution in [0.4, 0.5) is 0 Å². The summed E-state index contributed by atoms with van der Waals surface area (Å²) in [6.07, 6.45) is 2.97. The van der Waals surface area contributed by atoms with Crippen LogP contribution >= 0.6 is 0 Å². The molecular formula is C18H20N2O3S. The number of hydrogen-bond acceptors (Lipinski definition) is 3. The molecule has 0 bridgehead atoms. The number of primary sulfonamides is 1. The fourth-order valence-electron chi connectivity index (χ4n) is 3.18. The van der Waals surface area contributed by atoms with Gasteiger partial charge in [-0.15, -0.1) is 0 Å². The van der Waals surface area contributed by atoms with E-state index in [0.29, 0.717) is 11.1 Å². The summed E-state index contributed by atoms with van der Waals surface area (Å²) < 4.78 is 22.4. The van der Waals surface area contributed by atoms with Gasteiger partial charge in [0, 0.05) is 5.56 Å². The minimum atomic E-state index is -3.62. The minimum Gasteiger partial charge on any atom is -0.345 e. The number of benzene rings is 2. The molecule has 0 saturated carbocycles. The molecular weight excluding hydrogens is 324 g/mol. The van der Waals surface area contributed by atoms with E-state index < -0.39 is 10.0 Å². The molecule has 0 saturated heterocycles. The highest BCUT2D eigenvalue weighted by atomic mass is 32.2. The van der Waals surface area contributed by atoms with E-state index in [9.17, 15) is 13.2 Å². The van der Waals surface area contributed by atoms with Crippen LogP contribution in [-0.4, -0.2) is 14.3 Å². The number of carbonyl (C=O) groups excluding carboxylic acids is 1. The van der Waals surface area contributed by atoms with Gasteiger partial charge in [-0.2, -0.15) is 0 Å². The van der Waals surface area contributed by atoms with E-state index in [4.69, 9.17) is 5.14 Å². The molecule has 24 heavy (non-hydrogen) atoms. The number of hydrogen-bond donors (Lipinski definition) is 2. The van der Waals surface area contributed by atoms with Gasteiger partial charge in [0.05, 0.1) is 11.8 Å². The van der Waals surface area contributed by atoms with Gasteiger partial charge in [0.1, 0.15) is 0 Å². The Morgan fingerprint density at radius 2 is 1.96 bits per heavy atom. The molecule has 0 radical (unpaired) electrons. The van der Waals surface area contributed by atoms with Crippen LogP contribution in [0.5, 0.6) is 0 Å². The van der Waals surface area contributed by atoms with Crippen LogP contribution < -0.4 is 10.5 Å². The summed E-state index contributed by atoms with van der Waals surface area (Å²) in [4.78, 5) is 12.5. The Morgan fingerprint density at radius 3 is 2.75 bits per heavy atom. The van der Waals surface area contributed by atoms with Crippen molar-refractivity contribution in [1.82, 2.24) is 5.32 Å². The molecule has 1 unspecified atom stereocenters. The third-order valence-electron chi connectivity index (χ3n) is 4.23. The summed E-state index contributed by atoms with van der Waals surface area (Å²) in [6, 6.07) is 14.7. The van der Waals surface area contributed by atoms with E-state index in [-0.39, 0.29) is 17.7 Å². The third kappa shape index (κ3) is 4.01. The number of nitrogens with two attached hydrogens (primary N) is 1. The van der Waals surface area contributed by atoms with Crippen LogP contribution in [0.15, 0.2) is 48.5 Å². The molecule has 1 aliphatic carbocycles. The molecule has 1 atom stereocenters. The molecule has 6 heteroatoms. The van der Waals surface area contributed by atoms with Gasteiger partial charge in [-0.3, -0.25) is 4.79 Å². The third-order valence-corrected chi connectivity index (χ3v) is 4.97. The monoisotopic (exact) mass is 344 g/mol. The summed E-state index contributed by atoms with van der Waals surface area (Å²) in [5, 5.41) is 8.13. The molecule has 3 N–H and O–H groups in total. The van der Waals surface area contributed by atoms with Crippen molar-refractivity contribution in [3.05, 3.63) is 70.8 Å². The van der Waals surface area contributed by atoms with Gasteiger partial charge in [0.15, 0.2) is 0 Å². The van der Waals surface area contributed by atoms with Crippen LogP contribution in [0.3, 0.4) is 0 Å². The Kier molecular flexibility index (Phi) is 4.69. The van der Waals surface area contributed by atoms with E-state index in [2.05, 4.69) is 17.4 Å². The van der Waals surface area contributed by atoms with Gasteiger partial charge < -0.3 is 5.32 Å². The van der Waals surface area contributed by atoms with Gasteiger partial charge in [-0.1, -0.05) is 36.4 Å². The lowest BCUT2D eigenvalue weighted by molar-refractivity contribution is 0.0932. The van der Waals surface area contributed by atoms with Gasteiger partial charge in [-0.05, 0) is 48.1 Å². The lowest BCUT2D eigenvalue weighted by Gasteiger charge is -2.26. The molecule has 0 spiro atoms. The Morgan fingerprint density at radius 1 is 1.17 bits per heavy atom. The normalized spacial score (nSPS) is 17.1. The molecule has 5 nitrogen and oxygen atoms in total. The second-order valence-electron chi connectivity index (χ2n) is 6.12. The predicted molar refractivity (Wildman–Crippen MR) is 92.8 cm³/mol. The van der Waals surface area contributed by atoms with Gasteiger partial charge >= 0.3 is 0 Å². The molecule has 2 aromatic rings. The second-order valence-corrected chi connectivity index (χ2v) is 7.74. The minimum absolute atomic E-state index is 0.00986. The van der Waals surface area contributed by atoms with Gasteiger partial charge in [0.25, 0.3) is 5.91 Å². The average molecular weight is 344 g/mol. The maximum atomic E-state index is 12.5. The average Bonchev–Trinajstić information content (AvgIpc) is 2.54. The van der Waals surface area contributed by atoms with Crippen LogP contribution in [0, 0.1) is 0 Å². The lowest BCUT2D eigenvalue weighted by Crippen LogP contribution is -2.31. The standard InChI is InChI=1S/C18H20N2O3S/c19-24(22,23)12-13-5-3-8-15(11-13)18(21)20-17-10-4-7-14-6-1-2-9-16(14)17/h1-3,5-6,8-9,11,17H,4,7,10,12H2,(H,20,21)(H2,19,22,23). The van der Waals surface area contributed by atoms with Crippen LogP contribution in [0.2, 0.25) is 0 Å². The van der Waals surface area contributed by atoms with Crippen LogP contribution in [0.1, 0.15) is 45.9 Å². The quantitative estimate of drug-likeness (QED) is 0.892. The van der Waals surface area contributed by atoms with Crippen molar-refractivity contribution in [2.24, 2.45) is 5.14 Å². The maximum Gasteiger partial charge on any atom is 0.251 e. The molecule has 0 heterocycles. The van der Waals surface area contributed by atoms with Crippen LogP contribution in [0.25, 0.3) is 0 Å². The van der Waals surface area contributed by atoms with E-state index >= 15 is 0 Å².